The third-order valence-corrected chi connectivity index (χ3v) is 4.09. The summed E-state index contributed by atoms with van der Waals surface area (Å²) in [6.07, 6.45) is 3.08. The summed E-state index contributed by atoms with van der Waals surface area (Å²) in [5, 5.41) is 0. The van der Waals surface area contributed by atoms with Crippen molar-refractivity contribution in [1.82, 2.24) is 11.0 Å². The normalized spacial score (nSPS) is 10.0. The van der Waals surface area contributed by atoms with E-state index in [1.807, 2.05) is 0 Å². The van der Waals surface area contributed by atoms with Gasteiger partial charge in [-0.05, 0) is 37.1 Å². The third kappa shape index (κ3) is 8.55. The van der Waals surface area contributed by atoms with Gasteiger partial charge in [0.05, 0.1) is 11.1 Å². The van der Waals surface area contributed by atoms with Crippen LogP contribution >= 0.6 is 0 Å². The largest absolute Gasteiger partial charge is 0.362 e. The maximum atomic E-state index is 11.7. The summed E-state index contributed by atoms with van der Waals surface area (Å²) in [7, 11) is 0. The summed E-state index contributed by atoms with van der Waals surface area (Å²) in [5.41, 5.74) is 4.96. The molecule has 2 aromatic rings. The van der Waals surface area contributed by atoms with E-state index < -0.39 is 11.9 Å². The molecule has 0 aromatic heterocycles. The molecule has 0 radical (unpaired) electrons. The minimum atomic E-state index is -0.622. The second-order valence-corrected chi connectivity index (χ2v) is 6.48. The Morgan fingerprint density at radius 2 is 0.933 bits per heavy atom. The molecule has 30 heavy (non-hydrogen) atoms. The Kier molecular flexibility index (Phi) is 9.58. The molecular formula is C22H24N2O6. The molecule has 8 nitrogen and oxygen atoms in total. The Bertz CT molecular complexity index is 768. The summed E-state index contributed by atoms with van der Waals surface area (Å²) in [4.78, 5) is 56.3. The highest BCUT2D eigenvalue weighted by atomic mass is 16.7. The van der Waals surface area contributed by atoms with Crippen LogP contribution < -0.4 is 11.0 Å². The summed E-state index contributed by atoms with van der Waals surface area (Å²) >= 11 is 0. The zero-order chi connectivity index (χ0) is 21.6. The van der Waals surface area contributed by atoms with Crippen molar-refractivity contribution >= 4 is 23.8 Å². The van der Waals surface area contributed by atoms with Crippen molar-refractivity contribution in [2.24, 2.45) is 0 Å². The monoisotopic (exact) mass is 412 g/mol. The quantitative estimate of drug-likeness (QED) is 0.484. The fraction of sp³-hybridized carbons (Fsp3) is 0.273. The Labute approximate surface area is 174 Å². The summed E-state index contributed by atoms with van der Waals surface area (Å²) in [6, 6.07) is 16.7. The maximum absolute atomic E-state index is 11.7. The van der Waals surface area contributed by atoms with E-state index in [0.717, 1.165) is 12.8 Å². The van der Waals surface area contributed by atoms with E-state index in [1.54, 1.807) is 60.7 Å². The van der Waals surface area contributed by atoms with Crippen LogP contribution in [0.1, 0.15) is 59.2 Å². The standard InChI is InChI=1S/C22H24N2O6/c25-19(23-29-21(27)17-11-5-3-6-12-17)15-9-1-2-10-16-20(26)24-30-22(28)18-13-7-4-8-14-18/h3-8,11-14H,1-2,9-10,15-16H2,(H,23,25)(H,24,26). The molecule has 0 heterocycles. The van der Waals surface area contributed by atoms with Crippen LogP contribution in [0.2, 0.25) is 0 Å². The molecule has 0 aliphatic carbocycles. The third-order valence-electron chi connectivity index (χ3n) is 4.09. The molecule has 0 fully saturated rings. The second kappa shape index (κ2) is 12.7. The maximum Gasteiger partial charge on any atom is 0.362 e. The molecule has 0 spiro atoms. The van der Waals surface area contributed by atoms with Crippen molar-refractivity contribution in [2.75, 3.05) is 0 Å². The number of hydrogen-bond donors (Lipinski definition) is 2. The van der Waals surface area contributed by atoms with E-state index in [-0.39, 0.29) is 24.7 Å². The number of rotatable bonds is 9. The van der Waals surface area contributed by atoms with Crippen molar-refractivity contribution in [2.45, 2.75) is 38.5 Å². The average molecular weight is 412 g/mol. The van der Waals surface area contributed by atoms with Crippen molar-refractivity contribution in [3.8, 4) is 0 Å². The number of unbranched alkanes of at least 4 members (excludes halogenated alkanes) is 3. The fourth-order valence-electron chi connectivity index (χ4n) is 2.50. The first-order chi connectivity index (χ1) is 14.6. The number of carbonyl (C=O) groups excluding carboxylic acids is 4. The molecule has 2 amide bonds. The number of carbonyl (C=O) groups is 4. The van der Waals surface area contributed by atoms with Crippen molar-refractivity contribution < 1.29 is 28.9 Å². The lowest BCUT2D eigenvalue weighted by Crippen LogP contribution is -2.27. The number of nitrogens with one attached hydrogen (secondary N) is 2. The van der Waals surface area contributed by atoms with Crippen molar-refractivity contribution in [3.05, 3.63) is 71.8 Å². The molecule has 158 valence electrons. The van der Waals surface area contributed by atoms with E-state index in [0.29, 0.717) is 24.0 Å². The SMILES string of the molecule is O=C(CCCCCCC(=O)NOC(=O)c1ccccc1)NOC(=O)c1ccccc1. The van der Waals surface area contributed by atoms with Crippen LogP contribution in [0.3, 0.4) is 0 Å². The van der Waals surface area contributed by atoms with Crippen molar-refractivity contribution in [3.63, 3.8) is 0 Å². The fourth-order valence-corrected chi connectivity index (χ4v) is 2.50. The smallest absolute Gasteiger partial charge is 0.335 e. The first kappa shape index (κ1) is 22.6. The van der Waals surface area contributed by atoms with Crippen LogP contribution in [-0.2, 0) is 19.3 Å². The topological polar surface area (TPSA) is 111 Å². The van der Waals surface area contributed by atoms with E-state index in [2.05, 4.69) is 11.0 Å². The van der Waals surface area contributed by atoms with Crippen LogP contribution in [0.4, 0.5) is 0 Å². The molecule has 8 heteroatoms. The van der Waals surface area contributed by atoms with Gasteiger partial charge < -0.3 is 9.68 Å². The highest BCUT2D eigenvalue weighted by Crippen LogP contribution is 2.06. The van der Waals surface area contributed by atoms with Gasteiger partial charge in [-0.3, -0.25) is 9.59 Å². The van der Waals surface area contributed by atoms with Crippen LogP contribution in [-0.4, -0.2) is 23.8 Å². The minimum Gasteiger partial charge on any atom is -0.335 e. The van der Waals surface area contributed by atoms with E-state index in [1.165, 1.54) is 0 Å². The van der Waals surface area contributed by atoms with Gasteiger partial charge in [0, 0.05) is 12.8 Å². The highest BCUT2D eigenvalue weighted by Gasteiger charge is 2.10. The lowest BCUT2D eigenvalue weighted by Gasteiger charge is -2.06. The van der Waals surface area contributed by atoms with Crippen LogP contribution in [0.25, 0.3) is 0 Å². The lowest BCUT2D eigenvalue weighted by atomic mass is 10.1. The molecule has 0 bridgehead atoms. The van der Waals surface area contributed by atoms with Gasteiger partial charge >= 0.3 is 11.9 Å². The molecule has 2 N–H and O–H groups in total. The summed E-state index contributed by atoms with van der Waals surface area (Å²) < 4.78 is 0. The van der Waals surface area contributed by atoms with Gasteiger partial charge in [0.2, 0.25) is 0 Å². The van der Waals surface area contributed by atoms with Crippen LogP contribution in [0.15, 0.2) is 60.7 Å². The van der Waals surface area contributed by atoms with Gasteiger partial charge in [-0.25, -0.2) is 9.59 Å². The summed E-state index contributed by atoms with van der Waals surface area (Å²) in [5.74, 6) is -2.01. The first-order valence-corrected chi connectivity index (χ1v) is 9.66. The molecule has 0 aliphatic heterocycles. The van der Waals surface area contributed by atoms with Crippen molar-refractivity contribution in [1.29, 1.82) is 0 Å². The van der Waals surface area contributed by atoms with Crippen LogP contribution in [0.5, 0.6) is 0 Å². The summed E-state index contributed by atoms with van der Waals surface area (Å²) in [6.45, 7) is 0. The number of hydroxylamine groups is 2. The Morgan fingerprint density at radius 1 is 0.567 bits per heavy atom. The Morgan fingerprint density at radius 3 is 1.30 bits per heavy atom. The molecule has 2 rings (SSSR count). The van der Waals surface area contributed by atoms with E-state index in [4.69, 9.17) is 9.68 Å². The van der Waals surface area contributed by atoms with Crippen LogP contribution in [0, 0.1) is 0 Å². The van der Waals surface area contributed by atoms with E-state index >= 15 is 0 Å². The zero-order valence-corrected chi connectivity index (χ0v) is 16.5. The van der Waals surface area contributed by atoms with Gasteiger partial charge in [0.25, 0.3) is 11.8 Å². The van der Waals surface area contributed by atoms with Gasteiger partial charge in [0.1, 0.15) is 0 Å². The first-order valence-electron chi connectivity index (χ1n) is 9.66. The number of hydrogen-bond acceptors (Lipinski definition) is 6. The molecular weight excluding hydrogens is 388 g/mol. The predicted octanol–water partition coefficient (Wildman–Crippen LogP) is 3.10. The molecule has 0 saturated carbocycles. The molecule has 0 saturated heterocycles. The van der Waals surface area contributed by atoms with Gasteiger partial charge in [-0.1, -0.05) is 49.2 Å². The molecule has 0 unspecified atom stereocenters. The van der Waals surface area contributed by atoms with Gasteiger partial charge in [-0.15, -0.1) is 0 Å². The van der Waals surface area contributed by atoms with Gasteiger partial charge in [-0.2, -0.15) is 11.0 Å². The Balaban J connectivity index is 1.48. The van der Waals surface area contributed by atoms with E-state index in [9.17, 15) is 19.2 Å². The predicted molar refractivity (Wildman–Crippen MR) is 108 cm³/mol. The second-order valence-electron chi connectivity index (χ2n) is 6.48. The Hall–Kier alpha value is -3.68. The minimum absolute atomic E-state index is 0.211. The molecule has 2 aromatic carbocycles. The zero-order valence-electron chi connectivity index (χ0n) is 16.5. The highest BCUT2D eigenvalue weighted by molar-refractivity contribution is 5.90. The molecule has 0 atom stereocenters. The van der Waals surface area contributed by atoms with Gasteiger partial charge in [0.15, 0.2) is 0 Å². The number of benzene rings is 2. The molecule has 0 aliphatic rings. The number of amides is 2. The average Bonchev–Trinajstić information content (AvgIpc) is 2.79. The lowest BCUT2D eigenvalue weighted by molar-refractivity contribution is -0.130.